The number of hydrogen-bond acceptors (Lipinski definition) is 7. The Morgan fingerprint density at radius 2 is 1.92 bits per heavy atom. The predicted octanol–water partition coefficient (Wildman–Crippen LogP) is 3.25. The Kier molecular flexibility index (Phi) is 5.91. The summed E-state index contributed by atoms with van der Waals surface area (Å²) in [4.78, 5) is 38.7. The van der Waals surface area contributed by atoms with Crippen LogP contribution in [0.3, 0.4) is 0 Å². The standard InChI is InChI=1S/C16H13NO6S/c1-11(18)23-15-8-3-2-7-14(15)16(19)24-13-6-4-5-12(9-13)10-22-17(20)21/h2-9H,10H2,1H3. The Morgan fingerprint density at radius 3 is 2.62 bits per heavy atom. The summed E-state index contributed by atoms with van der Waals surface area (Å²) in [7, 11) is 0. The zero-order valence-electron chi connectivity index (χ0n) is 12.6. The predicted molar refractivity (Wildman–Crippen MR) is 86.2 cm³/mol. The van der Waals surface area contributed by atoms with E-state index in [2.05, 4.69) is 4.84 Å². The lowest BCUT2D eigenvalue weighted by atomic mass is 10.2. The van der Waals surface area contributed by atoms with E-state index in [9.17, 15) is 19.7 Å². The second-order valence-electron chi connectivity index (χ2n) is 4.62. The largest absolute Gasteiger partial charge is 0.426 e. The molecule has 0 unspecified atom stereocenters. The molecule has 0 aliphatic carbocycles. The first-order valence-electron chi connectivity index (χ1n) is 6.81. The number of carbonyl (C=O) groups excluding carboxylic acids is 2. The highest BCUT2D eigenvalue weighted by Crippen LogP contribution is 2.28. The topological polar surface area (TPSA) is 95.7 Å². The van der Waals surface area contributed by atoms with Crippen LogP contribution in [-0.4, -0.2) is 16.2 Å². The molecule has 0 spiro atoms. The molecule has 0 bridgehead atoms. The van der Waals surface area contributed by atoms with Gasteiger partial charge in [0.15, 0.2) is 0 Å². The van der Waals surface area contributed by atoms with Crippen LogP contribution >= 0.6 is 11.8 Å². The van der Waals surface area contributed by atoms with Crippen molar-refractivity contribution in [2.24, 2.45) is 0 Å². The minimum Gasteiger partial charge on any atom is -0.426 e. The highest BCUT2D eigenvalue weighted by atomic mass is 32.2. The number of benzene rings is 2. The Bertz CT molecular complexity index is 777. The Labute approximate surface area is 141 Å². The van der Waals surface area contributed by atoms with Gasteiger partial charge in [-0.1, -0.05) is 24.3 Å². The number of nitrogens with zero attached hydrogens (tertiary/aromatic N) is 1. The van der Waals surface area contributed by atoms with Gasteiger partial charge in [0.25, 0.3) is 5.09 Å². The number of esters is 1. The van der Waals surface area contributed by atoms with Crippen LogP contribution in [0, 0.1) is 10.1 Å². The van der Waals surface area contributed by atoms with Gasteiger partial charge in [-0.25, -0.2) is 0 Å². The van der Waals surface area contributed by atoms with E-state index < -0.39 is 11.1 Å². The molecule has 0 saturated heterocycles. The van der Waals surface area contributed by atoms with Gasteiger partial charge in [0.05, 0.1) is 5.56 Å². The lowest BCUT2D eigenvalue weighted by Gasteiger charge is -2.08. The summed E-state index contributed by atoms with van der Waals surface area (Å²) in [6.45, 7) is 1.06. The summed E-state index contributed by atoms with van der Waals surface area (Å²) < 4.78 is 5.02. The van der Waals surface area contributed by atoms with Crippen LogP contribution in [0.2, 0.25) is 0 Å². The first kappa shape index (κ1) is 17.5. The molecule has 8 heteroatoms. The molecule has 7 nitrogen and oxygen atoms in total. The van der Waals surface area contributed by atoms with Crippen molar-refractivity contribution in [3.05, 3.63) is 69.8 Å². The monoisotopic (exact) mass is 347 g/mol. The molecule has 2 rings (SSSR count). The molecule has 0 atom stereocenters. The summed E-state index contributed by atoms with van der Waals surface area (Å²) in [5.41, 5.74) is 0.836. The SMILES string of the molecule is CC(=O)Oc1ccccc1C(=O)Sc1cccc(CO[N+](=O)[O-])c1. The lowest BCUT2D eigenvalue weighted by molar-refractivity contribution is -0.763. The molecule has 2 aromatic carbocycles. The minimum absolute atomic E-state index is 0.190. The molecule has 124 valence electrons. The minimum atomic E-state index is -0.875. The molecule has 0 radical (unpaired) electrons. The normalized spacial score (nSPS) is 10.0. The van der Waals surface area contributed by atoms with Gasteiger partial charge in [-0.2, -0.15) is 0 Å². The lowest BCUT2D eigenvalue weighted by Crippen LogP contribution is -2.06. The maximum atomic E-state index is 12.4. The van der Waals surface area contributed by atoms with Crippen molar-refractivity contribution in [2.75, 3.05) is 0 Å². The summed E-state index contributed by atoms with van der Waals surface area (Å²) in [6.07, 6.45) is 0. The quantitative estimate of drug-likeness (QED) is 0.260. The van der Waals surface area contributed by atoms with Gasteiger partial charge in [-0.05, 0) is 41.6 Å². The van der Waals surface area contributed by atoms with Crippen molar-refractivity contribution in [1.29, 1.82) is 0 Å². The summed E-state index contributed by atoms with van der Waals surface area (Å²) in [5.74, 6) is -0.325. The van der Waals surface area contributed by atoms with Gasteiger partial charge >= 0.3 is 5.97 Å². The highest BCUT2D eigenvalue weighted by Gasteiger charge is 2.15. The Balaban J connectivity index is 2.14. The van der Waals surface area contributed by atoms with E-state index in [4.69, 9.17) is 4.74 Å². The number of carbonyl (C=O) groups is 2. The van der Waals surface area contributed by atoms with Crippen LogP contribution in [0.15, 0.2) is 53.4 Å². The van der Waals surface area contributed by atoms with E-state index in [0.29, 0.717) is 10.5 Å². The average molecular weight is 347 g/mol. The molecular formula is C16H13NO6S. The van der Waals surface area contributed by atoms with Crippen molar-refractivity contribution < 1.29 is 24.3 Å². The van der Waals surface area contributed by atoms with Gasteiger partial charge in [0.1, 0.15) is 12.4 Å². The third-order valence-electron chi connectivity index (χ3n) is 2.81. The first-order valence-corrected chi connectivity index (χ1v) is 7.63. The van der Waals surface area contributed by atoms with Crippen molar-refractivity contribution >= 4 is 22.8 Å². The van der Waals surface area contributed by atoms with Crippen molar-refractivity contribution in [3.63, 3.8) is 0 Å². The van der Waals surface area contributed by atoms with Crippen molar-refractivity contribution in [1.82, 2.24) is 0 Å². The second-order valence-corrected chi connectivity index (χ2v) is 5.67. The number of para-hydroxylation sites is 1. The molecule has 0 heterocycles. The molecule has 0 aliphatic rings. The van der Waals surface area contributed by atoms with E-state index in [1.807, 2.05) is 0 Å². The zero-order valence-corrected chi connectivity index (χ0v) is 13.4. The first-order chi connectivity index (χ1) is 11.5. The summed E-state index contributed by atoms with van der Waals surface area (Å²) >= 11 is 0.931. The fourth-order valence-electron chi connectivity index (χ4n) is 1.87. The van der Waals surface area contributed by atoms with Crippen molar-refractivity contribution in [2.45, 2.75) is 18.4 Å². The van der Waals surface area contributed by atoms with Crippen LogP contribution in [0.1, 0.15) is 22.8 Å². The molecule has 0 aromatic heterocycles. The van der Waals surface area contributed by atoms with Crippen LogP contribution in [-0.2, 0) is 16.2 Å². The zero-order chi connectivity index (χ0) is 17.5. The van der Waals surface area contributed by atoms with E-state index in [1.54, 1.807) is 42.5 Å². The molecule has 0 amide bonds. The average Bonchev–Trinajstić information content (AvgIpc) is 2.53. The molecule has 0 saturated carbocycles. The van der Waals surface area contributed by atoms with Gasteiger partial charge in [-0.3, -0.25) is 9.59 Å². The summed E-state index contributed by atoms with van der Waals surface area (Å²) in [6, 6.07) is 13.1. The smallest absolute Gasteiger partial charge is 0.308 e. The third kappa shape index (κ3) is 5.10. The number of rotatable bonds is 6. The third-order valence-corrected chi connectivity index (χ3v) is 3.70. The van der Waals surface area contributed by atoms with Crippen molar-refractivity contribution in [3.8, 4) is 5.75 Å². The molecule has 0 fully saturated rings. The molecule has 0 N–H and O–H groups in total. The van der Waals surface area contributed by atoms with Gasteiger partial charge in [-0.15, -0.1) is 10.1 Å². The second kappa shape index (κ2) is 8.11. The number of thioether (sulfide) groups is 1. The van der Waals surface area contributed by atoms with Crippen LogP contribution in [0.5, 0.6) is 5.75 Å². The summed E-state index contributed by atoms with van der Waals surface area (Å²) in [5, 5.41) is 9.05. The fourth-order valence-corrected chi connectivity index (χ4v) is 2.72. The Hall–Kier alpha value is -2.87. The molecule has 0 aliphatic heterocycles. The van der Waals surface area contributed by atoms with E-state index in [1.165, 1.54) is 13.0 Å². The molecular weight excluding hydrogens is 334 g/mol. The van der Waals surface area contributed by atoms with Gasteiger partial charge in [0, 0.05) is 11.8 Å². The maximum Gasteiger partial charge on any atom is 0.308 e. The van der Waals surface area contributed by atoms with E-state index in [-0.39, 0.29) is 23.0 Å². The van der Waals surface area contributed by atoms with E-state index in [0.717, 1.165) is 11.8 Å². The fraction of sp³-hybridized carbons (Fsp3) is 0.125. The molecule has 24 heavy (non-hydrogen) atoms. The maximum absolute atomic E-state index is 12.4. The van der Waals surface area contributed by atoms with Crippen LogP contribution < -0.4 is 4.74 Å². The van der Waals surface area contributed by atoms with E-state index >= 15 is 0 Å². The molecule has 2 aromatic rings. The van der Waals surface area contributed by atoms with Gasteiger partial charge in [0.2, 0.25) is 5.12 Å². The highest BCUT2D eigenvalue weighted by molar-refractivity contribution is 8.14. The van der Waals surface area contributed by atoms with Crippen LogP contribution in [0.25, 0.3) is 0 Å². The number of hydrogen-bond donors (Lipinski definition) is 0. The van der Waals surface area contributed by atoms with Crippen LogP contribution in [0.4, 0.5) is 0 Å². The number of ether oxygens (including phenoxy) is 1. The van der Waals surface area contributed by atoms with Gasteiger partial charge < -0.3 is 9.57 Å². The Morgan fingerprint density at radius 1 is 1.17 bits per heavy atom.